The van der Waals surface area contributed by atoms with Crippen LogP contribution < -0.4 is 10.1 Å². The second-order valence-electron chi connectivity index (χ2n) is 6.34. The predicted molar refractivity (Wildman–Crippen MR) is 119 cm³/mol. The molecule has 3 rings (SSSR count). The van der Waals surface area contributed by atoms with E-state index in [2.05, 4.69) is 24.1 Å². The Labute approximate surface area is 172 Å². The minimum atomic E-state index is 0. The lowest BCUT2D eigenvalue weighted by Crippen LogP contribution is -2.25. The molecule has 0 saturated carbocycles. The van der Waals surface area contributed by atoms with Crippen LogP contribution in [0.2, 0.25) is 5.02 Å². The molecule has 0 aliphatic carbocycles. The highest BCUT2D eigenvalue weighted by atomic mass is 35.5. The van der Waals surface area contributed by atoms with Crippen molar-refractivity contribution in [2.24, 2.45) is 0 Å². The minimum Gasteiger partial charge on any atom is -0.497 e. The molecule has 0 fully saturated rings. The van der Waals surface area contributed by atoms with Gasteiger partial charge in [0.15, 0.2) is 0 Å². The molecule has 1 aromatic heterocycles. The lowest BCUT2D eigenvalue weighted by Gasteiger charge is -2.19. The minimum absolute atomic E-state index is 0. The standard InChI is InChI=1S/C21H26ClN3O.ClH/c1-4-25(5-2)12-6-11-23-21-17-9-7-15(22)13-20(17)24-19-10-8-16(26-3)14-18(19)21;/h7-10,13-14H,4-6,11-12H2,1-3H3,(H,23,24);1H. The first-order chi connectivity index (χ1) is 12.7. The van der Waals surface area contributed by atoms with Crippen LogP contribution in [0.15, 0.2) is 36.4 Å². The van der Waals surface area contributed by atoms with E-state index in [0.717, 1.165) is 65.8 Å². The van der Waals surface area contributed by atoms with Crippen molar-refractivity contribution in [1.29, 1.82) is 0 Å². The van der Waals surface area contributed by atoms with Crippen molar-refractivity contribution in [2.75, 3.05) is 38.6 Å². The number of methoxy groups -OCH3 is 1. The number of pyridine rings is 1. The summed E-state index contributed by atoms with van der Waals surface area (Å²) < 4.78 is 5.41. The van der Waals surface area contributed by atoms with E-state index in [4.69, 9.17) is 21.3 Å². The number of hydrogen-bond acceptors (Lipinski definition) is 4. The van der Waals surface area contributed by atoms with Crippen LogP contribution in [0.4, 0.5) is 5.69 Å². The van der Waals surface area contributed by atoms with Crippen LogP contribution in [-0.2, 0) is 0 Å². The number of hydrogen-bond donors (Lipinski definition) is 1. The number of nitrogens with zero attached hydrogens (tertiary/aromatic N) is 2. The van der Waals surface area contributed by atoms with Gasteiger partial charge >= 0.3 is 0 Å². The van der Waals surface area contributed by atoms with Crippen molar-refractivity contribution in [3.63, 3.8) is 0 Å². The smallest absolute Gasteiger partial charge is 0.119 e. The summed E-state index contributed by atoms with van der Waals surface area (Å²) >= 11 is 6.18. The summed E-state index contributed by atoms with van der Waals surface area (Å²) in [5.74, 6) is 0.832. The molecule has 1 N–H and O–H groups in total. The Kier molecular flexibility index (Phi) is 7.96. The van der Waals surface area contributed by atoms with Gasteiger partial charge in [-0.15, -0.1) is 12.4 Å². The van der Waals surface area contributed by atoms with Gasteiger partial charge in [0, 0.05) is 22.3 Å². The van der Waals surface area contributed by atoms with Crippen LogP contribution in [0.1, 0.15) is 20.3 Å². The van der Waals surface area contributed by atoms with Crippen molar-refractivity contribution >= 4 is 51.5 Å². The molecule has 0 spiro atoms. The highest BCUT2D eigenvalue weighted by molar-refractivity contribution is 6.31. The Morgan fingerprint density at radius 3 is 2.52 bits per heavy atom. The molecule has 0 atom stereocenters. The van der Waals surface area contributed by atoms with Crippen molar-refractivity contribution < 1.29 is 4.74 Å². The van der Waals surface area contributed by atoms with Gasteiger partial charge in [-0.3, -0.25) is 0 Å². The van der Waals surface area contributed by atoms with Crippen LogP contribution in [0.3, 0.4) is 0 Å². The number of halogens is 2. The topological polar surface area (TPSA) is 37.4 Å². The van der Waals surface area contributed by atoms with E-state index in [1.165, 1.54) is 0 Å². The molecule has 0 bridgehead atoms. The van der Waals surface area contributed by atoms with Gasteiger partial charge in [0.25, 0.3) is 0 Å². The van der Waals surface area contributed by atoms with Crippen molar-refractivity contribution in [2.45, 2.75) is 20.3 Å². The molecule has 0 aliphatic rings. The summed E-state index contributed by atoms with van der Waals surface area (Å²) in [7, 11) is 1.69. The molecule has 1 heterocycles. The van der Waals surface area contributed by atoms with Gasteiger partial charge in [-0.1, -0.05) is 25.4 Å². The Bertz CT molecular complexity index is 897. The summed E-state index contributed by atoms with van der Waals surface area (Å²) in [6.45, 7) is 8.59. The van der Waals surface area contributed by atoms with Crippen molar-refractivity contribution in [3.05, 3.63) is 41.4 Å². The summed E-state index contributed by atoms with van der Waals surface area (Å²) in [5.41, 5.74) is 2.94. The number of aromatic nitrogens is 1. The molecule has 3 aromatic rings. The maximum absolute atomic E-state index is 6.18. The fourth-order valence-corrected chi connectivity index (χ4v) is 3.44. The fourth-order valence-electron chi connectivity index (χ4n) is 3.27. The van der Waals surface area contributed by atoms with Gasteiger partial charge in [-0.05, 0) is 62.5 Å². The highest BCUT2D eigenvalue weighted by Gasteiger charge is 2.11. The third kappa shape index (κ3) is 4.95. The summed E-state index contributed by atoms with van der Waals surface area (Å²) in [6, 6.07) is 11.9. The highest BCUT2D eigenvalue weighted by Crippen LogP contribution is 2.34. The quantitative estimate of drug-likeness (QED) is 0.388. The Morgan fingerprint density at radius 2 is 1.81 bits per heavy atom. The van der Waals surface area contributed by atoms with Gasteiger partial charge in [0.1, 0.15) is 5.75 Å². The zero-order valence-electron chi connectivity index (χ0n) is 16.1. The van der Waals surface area contributed by atoms with Crippen molar-refractivity contribution in [1.82, 2.24) is 9.88 Å². The Balaban J connectivity index is 0.00000261. The first kappa shape index (κ1) is 21.5. The third-order valence-electron chi connectivity index (χ3n) is 4.79. The normalized spacial score (nSPS) is 11.0. The predicted octanol–water partition coefficient (Wildman–Crippen LogP) is 5.62. The summed E-state index contributed by atoms with van der Waals surface area (Å²) in [6.07, 6.45) is 1.09. The number of fused-ring (bicyclic) bond motifs is 2. The molecule has 0 unspecified atom stereocenters. The monoisotopic (exact) mass is 407 g/mol. The van der Waals surface area contributed by atoms with Crippen LogP contribution in [0.5, 0.6) is 5.75 Å². The molecular weight excluding hydrogens is 381 g/mol. The molecule has 0 aliphatic heterocycles. The second kappa shape index (κ2) is 9.98. The molecule has 146 valence electrons. The van der Waals surface area contributed by atoms with E-state index in [-0.39, 0.29) is 12.4 Å². The van der Waals surface area contributed by atoms with E-state index in [0.29, 0.717) is 5.02 Å². The fraction of sp³-hybridized carbons (Fsp3) is 0.381. The zero-order valence-corrected chi connectivity index (χ0v) is 17.7. The SMILES string of the molecule is CCN(CC)CCCNc1c2ccc(Cl)cc2nc2ccc(OC)cc12.Cl. The van der Waals surface area contributed by atoms with Gasteiger partial charge < -0.3 is 15.0 Å². The van der Waals surface area contributed by atoms with Crippen LogP contribution in [0, 0.1) is 0 Å². The number of rotatable bonds is 8. The van der Waals surface area contributed by atoms with E-state index < -0.39 is 0 Å². The molecule has 27 heavy (non-hydrogen) atoms. The molecular formula is C21H27Cl2N3O. The van der Waals surface area contributed by atoms with Gasteiger partial charge in [-0.25, -0.2) is 4.98 Å². The molecule has 0 radical (unpaired) electrons. The number of anilines is 1. The van der Waals surface area contributed by atoms with E-state index in [1.54, 1.807) is 7.11 Å². The molecule has 2 aromatic carbocycles. The van der Waals surface area contributed by atoms with E-state index in [9.17, 15) is 0 Å². The average Bonchev–Trinajstić information content (AvgIpc) is 2.66. The van der Waals surface area contributed by atoms with Crippen LogP contribution >= 0.6 is 24.0 Å². The summed E-state index contributed by atoms with van der Waals surface area (Å²) in [4.78, 5) is 7.21. The Morgan fingerprint density at radius 1 is 1.04 bits per heavy atom. The molecule has 6 heteroatoms. The zero-order chi connectivity index (χ0) is 18.5. The number of benzene rings is 2. The lowest BCUT2D eigenvalue weighted by molar-refractivity contribution is 0.303. The van der Waals surface area contributed by atoms with Crippen molar-refractivity contribution in [3.8, 4) is 5.75 Å². The van der Waals surface area contributed by atoms with Gasteiger partial charge in [0.2, 0.25) is 0 Å². The van der Waals surface area contributed by atoms with E-state index >= 15 is 0 Å². The van der Waals surface area contributed by atoms with E-state index in [1.807, 2.05) is 36.4 Å². The maximum atomic E-state index is 6.18. The van der Waals surface area contributed by atoms with Gasteiger partial charge in [0.05, 0.1) is 23.8 Å². The first-order valence-corrected chi connectivity index (χ1v) is 9.57. The first-order valence-electron chi connectivity index (χ1n) is 9.19. The lowest BCUT2D eigenvalue weighted by atomic mass is 10.1. The molecule has 4 nitrogen and oxygen atoms in total. The van der Waals surface area contributed by atoms with Crippen LogP contribution in [-0.4, -0.2) is 43.2 Å². The largest absolute Gasteiger partial charge is 0.497 e. The third-order valence-corrected chi connectivity index (χ3v) is 5.03. The summed E-state index contributed by atoms with van der Waals surface area (Å²) in [5, 5.41) is 6.49. The average molecular weight is 408 g/mol. The molecule has 0 amide bonds. The second-order valence-corrected chi connectivity index (χ2v) is 6.78. The number of ether oxygens (including phenoxy) is 1. The van der Waals surface area contributed by atoms with Crippen LogP contribution in [0.25, 0.3) is 21.8 Å². The Hall–Kier alpha value is -1.75. The number of nitrogens with one attached hydrogen (secondary N) is 1. The molecule has 0 saturated heterocycles. The maximum Gasteiger partial charge on any atom is 0.119 e. The van der Waals surface area contributed by atoms with Gasteiger partial charge in [-0.2, -0.15) is 0 Å².